The molecule has 2 unspecified atom stereocenters. The molecule has 0 saturated heterocycles. The van der Waals surface area contributed by atoms with E-state index < -0.39 is 11.2 Å². The van der Waals surface area contributed by atoms with E-state index in [4.69, 9.17) is 14.2 Å². The lowest BCUT2D eigenvalue weighted by Gasteiger charge is -2.58. The number of ether oxygens (including phenoxy) is 3. The first-order chi connectivity index (χ1) is 12.0. The van der Waals surface area contributed by atoms with Gasteiger partial charge in [-0.2, -0.15) is 0 Å². The molecule has 0 bridgehead atoms. The summed E-state index contributed by atoms with van der Waals surface area (Å²) in [7, 11) is 3.22. The molecule has 2 aromatic rings. The highest BCUT2D eigenvalue weighted by Gasteiger charge is 2.69. The van der Waals surface area contributed by atoms with E-state index in [2.05, 4.69) is 6.58 Å². The molecule has 25 heavy (non-hydrogen) atoms. The molecule has 2 aromatic carbocycles. The number of hydrogen-bond acceptors (Lipinski definition) is 4. The van der Waals surface area contributed by atoms with Crippen LogP contribution >= 0.6 is 0 Å². The zero-order valence-corrected chi connectivity index (χ0v) is 15.0. The number of rotatable bonds is 5. The molecule has 0 amide bonds. The molecular formula is C21H22O4. The zero-order valence-electron chi connectivity index (χ0n) is 15.0. The van der Waals surface area contributed by atoms with Crippen molar-refractivity contribution in [3.8, 4) is 5.75 Å². The van der Waals surface area contributed by atoms with Crippen molar-refractivity contribution in [1.29, 1.82) is 0 Å². The largest absolute Gasteiger partial charge is 0.496 e. The molecule has 0 radical (unpaired) electrons. The maximum absolute atomic E-state index is 12.1. The van der Waals surface area contributed by atoms with Crippen molar-refractivity contribution >= 4 is 5.97 Å². The number of esters is 1. The van der Waals surface area contributed by atoms with E-state index in [1.54, 1.807) is 14.2 Å². The summed E-state index contributed by atoms with van der Waals surface area (Å²) in [5, 5.41) is 0. The van der Waals surface area contributed by atoms with Gasteiger partial charge in [0.15, 0.2) is 11.2 Å². The number of hydrogen-bond donors (Lipinski definition) is 0. The second kappa shape index (κ2) is 6.05. The molecule has 4 nitrogen and oxygen atoms in total. The Morgan fingerprint density at radius 1 is 1.00 bits per heavy atom. The lowest BCUT2D eigenvalue weighted by Crippen LogP contribution is -2.63. The minimum atomic E-state index is -1.11. The van der Waals surface area contributed by atoms with Crippen LogP contribution in [0.1, 0.15) is 30.5 Å². The van der Waals surface area contributed by atoms with Gasteiger partial charge in [0.1, 0.15) is 5.75 Å². The summed E-state index contributed by atoms with van der Waals surface area (Å²) >= 11 is 0. The molecule has 4 heteroatoms. The van der Waals surface area contributed by atoms with Crippen molar-refractivity contribution < 1.29 is 19.0 Å². The van der Waals surface area contributed by atoms with Crippen molar-refractivity contribution in [2.45, 2.75) is 25.0 Å². The van der Waals surface area contributed by atoms with Gasteiger partial charge < -0.3 is 14.2 Å². The van der Waals surface area contributed by atoms with Gasteiger partial charge in [0.2, 0.25) is 0 Å². The molecule has 0 N–H and O–H groups in total. The predicted molar refractivity (Wildman–Crippen MR) is 95.5 cm³/mol. The van der Waals surface area contributed by atoms with Crippen molar-refractivity contribution in [2.24, 2.45) is 0 Å². The lowest BCUT2D eigenvalue weighted by atomic mass is 9.54. The predicted octanol–water partition coefficient (Wildman–Crippen LogP) is 3.93. The van der Waals surface area contributed by atoms with Gasteiger partial charge in [-0.1, -0.05) is 49.0 Å². The fraction of sp³-hybridized carbons (Fsp3) is 0.286. The van der Waals surface area contributed by atoms with Crippen LogP contribution in [0.4, 0.5) is 0 Å². The standard InChI is InChI=1S/C21H22O4/c1-14(2)20(24-5)19-17(12-9-13-18(19)23-4)21(20,25-15(3)22)16-10-7-6-8-11-16/h6-13H,1H2,2-5H3. The molecule has 1 aliphatic rings. The van der Waals surface area contributed by atoms with Gasteiger partial charge in [-0.25, -0.2) is 0 Å². The molecule has 0 heterocycles. The molecule has 2 atom stereocenters. The zero-order chi connectivity index (χ0) is 18.2. The van der Waals surface area contributed by atoms with Gasteiger partial charge in [-0.05, 0) is 18.6 Å². The number of carbonyl (C=O) groups excluding carboxylic acids is 1. The van der Waals surface area contributed by atoms with Crippen molar-refractivity contribution in [3.63, 3.8) is 0 Å². The maximum Gasteiger partial charge on any atom is 0.303 e. The van der Waals surface area contributed by atoms with Gasteiger partial charge in [0, 0.05) is 30.7 Å². The molecule has 1 aliphatic carbocycles. The molecular weight excluding hydrogens is 316 g/mol. The van der Waals surface area contributed by atoms with Gasteiger partial charge in [-0.3, -0.25) is 4.79 Å². The second-order valence-corrected chi connectivity index (χ2v) is 6.19. The third-order valence-electron chi connectivity index (χ3n) is 4.86. The Kier molecular flexibility index (Phi) is 4.17. The van der Waals surface area contributed by atoms with Gasteiger partial charge in [0.05, 0.1) is 7.11 Å². The van der Waals surface area contributed by atoms with Crippen molar-refractivity contribution in [2.75, 3.05) is 14.2 Å². The van der Waals surface area contributed by atoms with Crippen LogP contribution < -0.4 is 4.74 Å². The second-order valence-electron chi connectivity index (χ2n) is 6.19. The molecule has 0 spiro atoms. The SMILES string of the molecule is C=C(C)C1(OC)c2c(OC)cccc2C1(OC(C)=O)c1ccccc1. The fourth-order valence-corrected chi connectivity index (χ4v) is 4.03. The first-order valence-electron chi connectivity index (χ1n) is 8.10. The van der Waals surface area contributed by atoms with Gasteiger partial charge >= 0.3 is 5.97 Å². The summed E-state index contributed by atoms with van der Waals surface area (Å²) in [6.07, 6.45) is 0. The number of carbonyl (C=O) groups is 1. The monoisotopic (exact) mass is 338 g/mol. The van der Waals surface area contributed by atoms with E-state index in [0.717, 1.165) is 22.3 Å². The minimum absolute atomic E-state index is 0.389. The van der Waals surface area contributed by atoms with E-state index in [9.17, 15) is 4.79 Å². The third kappa shape index (κ3) is 2.07. The van der Waals surface area contributed by atoms with Crippen LogP contribution in [-0.2, 0) is 25.5 Å². The Labute approximate surface area is 148 Å². The number of benzene rings is 2. The summed E-state index contributed by atoms with van der Waals surface area (Å²) in [4.78, 5) is 12.1. The van der Waals surface area contributed by atoms with E-state index in [1.165, 1.54) is 6.92 Å². The Hall–Kier alpha value is -2.59. The minimum Gasteiger partial charge on any atom is -0.496 e. The summed E-state index contributed by atoms with van der Waals surface area (Å²) in [6.45, 7) is 7.43. The average Bonchev–Trinajstić information content (AvgIpc) is 2.60. The Morgan fingerprint density at radius 3 is 2.20 bits per heavy atom. The Morgan fingerprint density at radius 2 is 1.68 bits per heavy atom. The summed E-state index contributed by atoms with van der Waals surface area (Å²) in [6, 6.07) is 15.3. The van der Waals surface area contributed by atoms with Crippen molar-refractivity contribution in [1.82, 2.24) is 0 Å². The van der Waals surface area contributed by atoms with Crippen LogP contribution in [0, 0.1) is 0 Å². The lowest BCUT2D eigenvalue weighted by molar-refractivity contribution is -0.203. The Balaban J connectivity index is 2.43. The van der Waals surface area contributed by atoms with Gasteiger partial charge in [0.25, 0.3) is 0 Å². The van der Waals surface area contributed by atoms with Crippen LogP contribution in [0.3, 0.4) is 0 Å². The molecule has 130 valence electrons. The van der Waals surface area contributed by atoms with E-state index in [1.807, 2.05) is 55.5 Å². The topological polar surface area (TPSA) is 44.8 Å². The van der Waals surface area contributed by atoms with E-state index in [-0.39, 0.29) is 5.97 Å². The highest BCUT2D eigenvalue weighted by atomic mass is 16.6. The van der Waals surface area contributed by atoms with Crippen LogP contribution in [-0.4, -0.2) is 20.2 Å². The normalized spacial score (nSPS) is 24.0. The first kappa shape index (κ1) is 17.2. The van der Waals surface area contributed by atoms with Crippen LogP contribution in [0.15, 0.2) is 60.7 Å². The van der Waals surface area contributed by atoms with Crippen LogP contribution in [0.25, 0.3) is 0 Å². The smallest absolute Gasteiger partial charge is 0.303 e. The van der Waals surface area contributed by atoms with E-state index in [0.29, 0.717) is 5.75 Å². The number of fused-ring (bicyclic) bond motifs is 1. The Bertz CT molecular complexity index is 827. The van der Waals surface area contributed by atoms with Crippen LogP contribution in [0.5, 0.6) is 5.75 Å². The average molecular weight is 338 g/mol. The van der Waals surface area contributed by atoms with E-state index >= 15 is 0 Å². The summed E-state index contributed by atoms with van der Waals surface area (Å²) in [5.74, 6) is 0.293. The molecule has 0 aliphatic heterocycles. The van der Waals surface area contributed by atoms with Crippen LogP contribution in [0.2, 0.25) is 0 Å². The summed E-state index contributed by atoms with van der Waals surface area (Å²) in [5.41, 5.74) is 1.12. The summed E-state index contributed by atoms with van der Waals surface area (Å²) < 4.78 is 17.5. The maximum atomic E-state index is 12.1. The highest BCUT2D eigenvalue weighted by Crippen LogP contribution is 2.65. The molecule has 0 aromatic heterocycles. The molecule has 0 fully saturated rings. The quantitative estimate of drug-likeness (QED) is 0.612. The first-order valence-corrected chi connectivity index (χ1v) is 8.10. The van der Waals surface area contributed by atoms with Crippen molar-refractivity contribution in [3.05, 3.63) is 77.4 Å². The third-order valence-corrected chi connectivity index (χ3v) is 4.86. The number of methoxy groups -OCH3 is 2. The van der Waals surface area contributed by atoms with Gasteiger partial charge in [-0.15, -0.1) is 0 Å². The molecule has 0 saturated carbocycles. The highest BCUT2D eigenvalue weighted by molar-refractivity contribution is 5.73. The fourth-order valence-electron chi connectivity index (χ4n) is 4.03. The molecule has 3 rings (SSSR count).